The van der Waals surface area contributed by atoms with Gasteiger partial charge in [0.05, 0.1) is 5.52 Å². The van der Waals surface area contributed by atoms with Gasteiger partial charge in [-0.1, -0.05) is 72.4 Å². The molecule has 0 amide bonds. The lowest BCUT2D eigenvalue weighted by molar-refractivity contribution is 0.815. The molecule has 0 aliphatic heterocycles. The van der Waals surface area contributed by atoms with E-state index in [1.807, 2.05) is 0 Å². The van der Waals surface area contributed by atoms with Crippen LogP contribution in [0, 0.1) is 0 Å². The SMILES string of the molecule is CC1=CCC=C(N(C2=CC=CCCC2)c2ccc(-n3c4c(c5cc6c(cc53)-c3ccccc3C6)C=CCC4)cc2)C=C1. The first-order chi connectivity index (χ1) is 20.7. The van der Waals surface area contributed by atoms with Crippen molar-refractivity contribution in [1.29, 1.82) is 0 Å². The molecule has 0 unspecified atom stereocenters. The molecule has 0 fully saturated rings. The van der Waals surface area contributed by atoms with E-state index in [4.69, 9.17) is 0 Å². The van der Waals surface area contributed by atoms with Gasteiger partial charge in [-0.15, -0.1) is 0 Å². The van der Waals surface area contributed by atoms with E-state index in [0.717, 1.165) is 38.5 Å². The van der Waals surface area contributed by atoms with Crippen LogP contribution in [0.1, 0.15) is 61.4 Å². The molecule has 2 heteroatoms. The van der Waals surface area contributed by atoms with Gasteiger partial charge in [-0.05, 0) is 123 Å². The number of fused-ring (bicyclic) bond motifs is 6. The lowest BCUT2D eigenvalue weighted by atomic mass is 9.99. The summed E-state index contributed by atoms with van der Waals surface area (Å²) in [5, 5.41) is 1.38. The monoisotopic (exact) mass is 544 g/mol. The molecule has 4 aliphatic rings. The smallest absolute Gasteiger partial charge is 0.0544 e. The Morgan fingerprint density at radius 1 is 0.786 bits per heavy atom. The molecule has 0 bridgehead atoms. The summed E-state index contributed by atoms with van der Waals surface area (Å²) in [6, 6.07) is 23.1. The summed E-state index contributed by atoms with van der Waals surface area (Å²) in [4.78, 5) is 2.47. The highest BCUT2D eigenvalue weighted by Crippen LogP contribution is 2.43. The first-order valence-electron chi connectivity index (χ1n) is 15.5. The highest BCUT2D eigenvalue weighted by molar-refractivity contribution is 5.98. The summed E-state index contributed by atoms with van der Waals surface area (Å²) >= 11 is 0. The van der Waals surface area contributed by atoms with Crippen LogP contribution in [0.3, 0.4) is 0 Å². The fraction of sp³-hybridized carbons (Fsp3) is 0.200. The van der Waals surface area contributed by atoms with Crippen molar-refractivity contribution in [1.82, 2.24) is 4.57 Å². The van der Waals surface area contributed by atoms with E-state index in [9.17, 15) is 0 Å². The van der Waals surface area contributed by atoms with Crippen molar-refractivity contribution < 1.29 is 0 Å². The molecule has 0 spiro atoms. The molecule has 0 saturated carbocycles. The van der Waals surface area contributed by atoms with Crippen molar-refractivity contribution in [2.24, 2.45) is 0 Å². The summed E-state index contributed by atoms with van der Waals surface area (Å²) in [5.74, 6) is 0. The lowest BCUT2D eigenvalue weighted by Gasteiger charge is -2.29. The second-order valence-corrected chi connectivity index (χ2v) is 12.0. The van der Waals surface area contributed by atoms with E-state index < -0.39 is 0 Å². The van der Waals surface area contributed by atoms with Gasteiger partial charge in [0.2, 0.25) is 0 Å². The molecule has 42 heavy (non-hydrogen) atoms. The number of rotatable bonds is 4. The maximum absolute atomic E-state index is 2.54. The minimum atomic E-state index is 0.953. The molecule has 0 saturated heterocycles. The van der Waals surface area contributed by atoms with Crippen molar-refractivity contribution in [2.75, 3.05) is 4.90 Å². The van der Waals surface area contributed by atoms with Gasteiger partial charge in [-0.3, -0.25) is 0 Å². The molecular weight excluding hydrogens is 508 g/mol. The Morgan fingerprint density at radius 2 is 1.69 bits per heavy atom. The van der Waals surface area contributed by atoms with Crippen LogP contribution >= 0.6 is 0 Å². The molecule has 0 atom stereocenters. The third-order valence-corrected chi connectivity index (χ3v) is 9.28. The Hall–Kier alpha value is -4.56. The van der Waals surface area contributed by atoms with E-state index in [1.165, 1.54) is 79.2 Å². The number of nitrogens with zero attached hydrogens (tertiary/aromatic N) is 2. The summed E-state index contributed by atoms with van der Waals surface area (Å²) in [6.07, 6.45) is 28.2. The zero-order valence-electron chi connectivity index (χ0n) is 24.3. The normalized spacial score (nSPS) is 17.1. The Kier molecular flexibility index (Phi) is 6.21. The van der Waals surface area contributed by atoms with Gasteiger partial charge in [0.15, 0.2) is 0 Å². The summed E-state index contributed by atoms with van der Waals surface area (Å²) in [6.45, 7) is 2.19. The second-order valence-electron chi connectivity index (χ2n) is 12.0. The molecule has 2 nitrogen and oxygen atoms in total. The predicted octanol–water partition coefficient (Wildman–Crippen LogP) is 10.4. The van der Waals surface area contributed by atoms with E-state index in [1.54, 1.807) is 0 Å². The second kappa shape index (κ2) is 10.4. The molecule has 4 aliphatic carbocycles. The maximum Gasteiger partial charge on any atom is 0.0544 e. The van der Waals surface area contributed by atoms with Crippen molar-refractivity contribution in [3.05, 3.63) is 149 Å². The molecule has 0 radical (unpaired) electrons. The van der Waals surface area contributed by atoms with Crippen molar-refractivity contribution in [3.63, 3.8) is 0 Å². The number of anilines is 1. The third kappa shape index (κ3) is 4.25. The van der Waals surface area contributed by atoms with Gasteiger partial charge in [0.25, 0.3) is 0 Å². The van der Waals surface area contributed by atoms with Gasteiger partial charge >= 0.3 is 0 Å². The van der Waals surface area contributed by atoms with Gasteiger partial charge in [-0.25, -0.2) is 0 Å². The fourth-order valence-corrected chi connectivity index (χ4v) is 7.20. The minimum absolute atomic E-state index is 0.953. The Balaban J connectivity index is 1.25. The van der Waals surface area contributed by atoms with Crippen LogP contribution in [-0.4, -0.2) is 4.57 Å². The first kappa shape index (κ1) is 25.2. The largest absolute Gasteiger partial charge is 0.315 e. The molecule has 3 aromatic carbocycles. The third-order valence-electron chi connectivity index (χ3n) is 9.28. The van der Waals surface area contributed by atoms with Crippen LogP contribution < -0.4 is 4.90 Å². The van der Waals surface area contributed by atoms with Crippen LogP contribution in [0.15, 0.2) is 126 Å². The molecule has 0 N–H and O–H groups in total. The quantitative estimate of drug-likeness (QED) is 0.218. The van der Waals surface area contributed by atoms with Crippen LogP contribution in [0.4, 0.5) is 5.69 Å². The molecular formula is C40H36N2. The Labute approximate surface area is 249 Å². The van der Waals surface area contributed by atoms with E-state index in [-0.39, 0.29) is 0 Å². The molecule has 206 valence electrons. The van der Waals surface area contributed by atoms with Crippen molar-refractivity contribution >= 4 is 22.7 Å². The number of benzene rings is 3. The zero-order valence-corrected chi connectivity index (χ0v) is 24.3. The van der Waals surface area contributed by atoms with Gasteiger partial charge in [-0.2, -0.15) is 0 Å². The van der Waals surface area contributed by atoms with Crippen LogP contribution in [0.5, 0.6) is 0 Å². The Bertz CT molecular complexity index is 1900. The van der Waals surface area contributed by atoms with Crippen molar-refractivity contribution in [2.45, 2.75) is 51.9 Å². The van der Waals surface area contributed by atoms with E-state index >= 15 is 0 Å². The standard InChI is InChI=1S/C40H36N2/c1-28-11-10-15-32(20-19-28)41(31-13-4-2-3-5-14-31)33-21-23-34(24-22-33)42-39-18-9-8-17-36(39)38-26-30-25-29-12-6-7-16-35(29)37(30)27-40(38)42/h2,4,6-8,11-13,15-17,19-24,26-27H,3,5,9-10,14,18,25H2,1H3. The van der Waals surface area contributed by atoms with Crippen LogP contribution in [0.25, 0.3) is 33.8 Å². The summed E-state index contributed by atoms with van der Waals surface area (Å²) in [7, 11) is 0. The first-order valence-corrected chi connectivity index (χ1v) is 15.5. The lowest BCUT2D eigenvalue weighted by Crippen LogP contribution is -2.21. The van der Waals surface area contributed by atoms with E-state index in [0.29, 0.717) is 0 Å². The minimum Gasteiger partial charge on any atom is -0.315 e. The van der Waals surface area contributed by atoms with Crippen LogP contribution in [0.2, 0.25) is 0 Å². The maximum atomic E-state index is 2.54. The van der Waals surface area contributed by atoms with Gasteiger partial charge in [0.1, 0.15) is 0 Å². The average molecular weight is 545 g/mol. The van der Waals surface area contributed by atoms with Gasteiger partial charge in [0, 0.05) is 39.4 Å². The van der Waals surface area contributed by atoms with E-state index in [2.05, 4.69) is 132 Å². The number of hydrogen-bond acceptors (Lipinski definition) is 1. The average Bonchev–Trinajstić information content (AvgIpc) is 3.27. The highest BCUT2D eigenvalue weighted by Gasteiger charge is 2.25. The number of hydrogen-bond donors (Lipinski definition) is 0. The fourth-order valence-electron chi connectivity index (χ4n) is 7.20. The summed E-state index contributed by atoms with van der Waals surface area (Å²) < 4.78 is 2.54. The number of allylic oxidation sites excluding steroid dienone is 10. The van der Waals surface area contributed by atoms with Crippen LogP contribution in [-0.2, 0) is 12.8 Å². The van der Waals surface area contributed by atoms with Crippen molar-refractivity contribution in [3.8, 4) is 16.8 Å². The highest BCUT2D eigenvalue weighted by atomic mass is 15.2. The number of aromatic nitrogens is 1. The molecule has 8 rings (SSSR count). The molecule has 1 heterocycles. The topological polar surface area (TPSA) is 8.17 Å². The summed E-state index contributed by atoms with van der Waals surface area (Å²) in [5.41, 5.74) is 16.2. The Morgan fingerprint density at radius 3 is 2.62 bits per heavy atom. The zero-order chi connectivity index (χ0) is 28.0. The predicted molar refractivity (Wildman–Crippen MR) is 178 cm³/mol. The molecule has 1 aromatic heterocycles. The molecule has 4 aromatic rings. The van der Waals surface area contributed by atoms with Gasteiger partial charge < -0.3 is 9.47 Å².